The van der Waals surface area contributed by atoms with E-state index in [1.807, 2.05) is 45.9 Å². The van der Waals surface area contributed by atoms with Gasteiger partial charge in [0.05, 0.1) is 18.2 Å². The first-order valence-electron chi connectivity index (χ1n) is 10.1. The van der Waals surface area contributed by atoms with E-state index in [1.165, 1.54) is 0 Å². The SMILES string of the molecule is CC(C)OCCCN1CC(=O)N2[C@@H](Cc3c([nH]c4ccccc34)C2(C)C)C1=O. The van der Waals surface area contributed by atoms with Crippen molar-refractivity contribution in [1.29, 1.82) is 0 Å². The van der Waals surface area contributed by atoms with Crippen LogP contribution >= 0.6 is 0 Å². The second-order valence-corrected chi connectivity index (χ2v) is 8.60. The van der Waals surface area contributed by atoms with Crippen molar-refractivity contribution in [3.63, 3.8) is 0 Å². The lowest BCUT2D eigenvalue weighted by Crippen LogP contribution is -2.67. The third-order valence-electron chi connectivity index (χ3n) is 5.95. The van der Waals surface area contributed by atoms with E-state index in [1.54, 1.807) is 9.80 Å². The van der Waals surface area contributed by atoms with Gasteiger partial charge < -0.3 is 19.5 Å². The Morgan fingerprint density at radius 2 is 2.00 bits per heavy atom. The molecule has 0 spiro atoms. The maximum absolute atomic E-state index is 13.3. The predicted molar refractivity (Wildman–Crippen MR) is 108 cm³/mol. The highest BCUT2D eigenvalue weighted by Crippen LogP contribution is 2.42. The first-order chi connectivity index (χ1) is 13.3. The van der Waals surface area contributed by atoms with Crippen LogP contribution in [-0.2, 0) is 26.3 Å². The Morgan fingerprint density at radius 3 is 2.75 bits per heavy atom. The molecular formula is C22H29N3O3. The number of piperazine rings is 1. The first-order valence-corrected chi connectivity index (χ1v) is 10.1. The highest BCUT2D eigenvalue weighted by Gasteiger charge is 2.51. The molecule has 0 aliphatic carbocycles. The highest BCUT2D eigenvalue weighted by atomic mass is 16.5. The molecule has 0 saturated carbocycles. The van der Waals surface area contributed by atoms with Crippen LogP contribution in [0.25, 0.3) is 10.9 Å². The number of nitrogens with zero attached hydrogens (tertiary/aromatic N) is 2. The van der Waals surface area contributed by atoms with Crippen LogP contribution in [0, 0.1) is 0 Å². The zero-order valence-corrected chi connectivity index (χ0v) is 17.1. The molecule has 3 heterocycles. The van der Waals surface area contributed by atoms with Crippen molar-refractivity contribution >= 4 is 22.7 Å². The number of aromatic amines is 1. The molecular weight excluding hydrogens is 354 g/mol. The number of benzene rings is 1. The van der Waals surface area contributed by atoms with Crippen LogP contribution in [0.4, 0.5) is 0 Å². The lowest BCUT2D eigenvalue weighted by Gasteiger charge is -2.51. The average Bonchev–Trinajstić information content (AvgIpc) is 3.02. The molecule has 1 aromatic carbocycles. The molecule has 1 fully saturated rings. The quantitative estimate of drug-likeness (QED) is 0.808. The molecule has 0 radical (unpaired) electrons. The van der Waals surface area contributed by atoms with E-state index < -0.39 is 11.6 Å². The zero-order valence-electron chi connectivity index (χ0n) is 17.1. The predicted octanol–water partition coefficient (Wildman–Crippen LogP) is 2.81. The molecule has 2 aromatic rings. The minimum absolute atomic E-state index is 0.0173. The molecule has 28 heavy (non-hydrogen) atoms. The minimum Gasteiger partial charge on any atom is -0.379 e. The minimum atomic E-state index is -0.545. The summed E-state index contributed by atoms with van der Waals surface area (Å²) in [6.45, 7) is 9.36. The van der Waals surface area contributed by atoms with Crippen molar-refractivity contribution in [3.8, 4) is 0 Å². The maximum atomic E-state index is 13.3. The molecule has 2 aliphatic rings. The molecule has 6 nitrogen and oxygen atoms in total. The number of hydrogen-bond acceptors (Lipinski definition) is 3. The van der Waals surface area contributed by atoms with E-state index in [9.17, 15) is 9.59 Å². The largest absolute Gasteiger partial charge is 0.379 e. The van der Waals surface area contributed by atoms with E-state index in [2.05, 4.69) is 11.1 Å². The summed E-state index contributed by atoms with van der Waals surface area (Å²) in [5.74, 6) is 0.0665. The van der Waals surface area contributed by atoms with Crippen LogP contribution in [0.1, 0.15) is 45.4 Å². The summed E-state index contributed by atoms with van der Waals surface area (Å²) in [7, 11) is 0. The molecule has 2 amide bonds. The van der Waals surface area contributed by atoms with Crippen molar-refractivity contribution in [2.24, 2.45) is 0 Å². The number of amides is 2. The number of H-pyrrole nitrogens is 1. The number of ether oxygens (including phenoxy) is 1. The van der Waals surface area contributed by atoms with Crippen LogP contribution in [0.5, 0.6) is 0 Å². The molecule has 0 bridgehead atoms. The van der Waals surface area contributed by atoms with Gasteiger partial charge in [-0.05, 0) is 45.7 Å². The molecule has 2 aliphatic heterocycles. The van der Waals surface area contributed by atoms with Crippen molar-refractivity contribution in [2.45, 2.75) is 58.2 Å². The second-order valence-electron chi connectivity index (χ2n) is 8.60. The summed E-state index contributed by atoms with van der Waals surface area (Å²) in [4.78, 5) is 33.3. The number of aromatic nitrogens is 1. The monoisotopic (exact) mass is 383 g/mol. The first kappa shape index (κ1) is 19.0. The fraction of sp³-hybridized carbons (Fsp3) is 0.545. The number of fused-ring (bicyclic) bond motifs is 4. The third-order valence-corrected chi connectivity index (χ3v) is 5.95. The van der Waals surface area contributed by atoms with Crippen LogP contribution in [-0.4, -0.2) is 58.4 Å². The van der Waals surface area contributed by atoms with Crippen LogP contribution in [0.15, 0.2) is 24.3 Å². The third kappa shape index (κ3) is 3.00. The fourth-order valence-electron chi connectivity index (χ4n) is 4.70. The standard InChI is InChI=1S/C22H29N3O3/c1-14(2)28-11-7-10-24-13-19(26)25-18(21(24)27)12-16-15-8-5-6-9-17(15)23-20(16)22(25,3)4/h5-6,8-9,14,18,23H,7,10-13H2,1-4H3/t18-/m0/s1. The van der Waals surface area contributed by atoms with E-state index in [0.29, 0.717) is 19.6 Å². The molecule has 6 heteroatoms. The normalized spacial score (nSPS) is 21.4. The van der Waals surface area contributed by atoms with Crippen molar-refractivity contribution < 1.29 is 14.3 Å². The van der Waals surface area contributed by atoms with Crippen molar-refractivity contribution in [2.75, 3.05) is 19.7 Å². The number of hydrogen-bond donors (Lipinski definition) is 1. The fourth-order valence-corrected chi connectivity index (χ4v) is 4.70. The van der Waals surface area contributed by atoms with Crippen LogP contribution < -0.4 is 0 Å². The number of rotatable bonds is 5. The Kier molecular flexibility index (Phi) is 4.70. The van der Waals surface area contributed by atoms with Gasteiger partial charge in [0, 0.05) is 36.2 Å². The van der Waals surface area contributed by atoms with E-state index in [4.69, 9.17) is 4.74 Å². The van der Waals surface area contributed by atoms with E-state index >= 15 is 0 Å². The van der Waals surface area contributed by atoms with E-state index in [-0.39, 0.29) is 24.5 Å². The lowest BCUT2D eigenvalue weighted by atomic mass is 9.82. The Morgan fingerprint density at radius 1 is 1.25 bits per heavy atom. The summed E-state index contributed by atoms with van der Waals surface area (Å²) >= 11 is 0. The van der Waals surface area contributed by atoms with Gasteiger partial charge in [0.25, 0.3) is 0 Å². The Bertz CT molecular complexity index is 915. The Hall–Kier alpha value is -2.34. The van der Waals surface area contributed by atoms with Gasteiger partial charge in [-0.1, -0.05) is 18.2 Å². The van der Waals surface area contributed by atoms with Gasteiger partial charge in [-0.3, -0.25) is 9.59 Å². The topological polar surface area (TPSA) is 65.6 Å². The molecule has 1 saturated heterocycles. The summed E-state index contributed by atoms with van der Waals surface area (Å²) in [6.07, 6.45) is 1.48. The number of carbonyl (C=O) groups excluding carboxylic acids is 2. The van der Waals surface area contributed by atoms with Gasteiger partial charge in [0.1, 0.15) is 6.04 Å². The Balaban J connectivity index is 1.62. The molecule has 1 N–H and O–H groups in total. The van der Waals surface area contributed by atoms with Gasteiger partial charge in [0.15, 0.2) is 0 Å². The van der Waals surface area contributed by atoms with Gasteiger partial charge in [0.2, 0.25) is 11.8 Å². The zero-order chi connectivity index (χ0) is 20.1. The van der Waals surface area contributed by atoms with Gasteiger partial charge in [-0.2, -0.15) is 0 Å². The smallest absolute Gasteiger partial charge is 0.246 e. The molecule has 1 aromatic heterocycles. The number of para-hydroxylation sites is 1. The molecule has 150 valence electrons. The molecule has 4 rings (SSSR count). The average molecular weight is 383 g/mol. The molecule has 0 unspecified atom stereocenters. The van der Waals surface area contributed by atoms with Crippen LogP contribution in [0.2, 0.25) is 0 Å². The van der Waals surface area contributed by atoms with Crippen molar-refractivity contribution in [3.05, 3.63) is 35.5 Å². The number of nitrogens with one attached hydrogen (secondary N) is 1. The van der Waals surface area contributed by atoms with Gasteiger partial charge in [-0.15, -0.1) is 0 Å². The summed E-state index contributed by atoms with van der Waals surface area (Å²) < 4.78 is 5.58. The van der Waals surface area contributed by atoms with Crippen molar-refractivity contribution in [1.82, 2.24) is 14.8 Å². The lowest BCUT2D eigenvalue weighted by molar-refractivity contribution is -0.164. The Labute approximate surface area is 165 Å². The van der Waals surface area contributed by atoms with Gasteiger partial charge in [-0.25, -0.2) is 0 Å². The van der Waals surface area contributed by atoms with Crippen LogP contribution in [0.3, 0.4) is 0 Å². The highest BCUT2D eigenvalue weighted by molar-refractivity contribution is 5.97. The number of carbonyl (C=O) groups is 2. The molecule has 1 atom stereocenters. The van der Waals surface area contributed by atoms with Gasteiger partial charge >= 0.3 is 0 Å². The summed E-state index contributed by atoms with van der Waals surface area (Å²) in [5.41, 5.74) is 2.72. The summed E-state index contributed by atoms with van der Waals surface area (Å²) in [5, 5.41) is 1.15. The van der Waals surface area contributed by atoms with E-state index in [0.717, 1.165) is 28.6 Å². The maximum Gasteiger partial charge on any atom is 0.246 e. The summed E-state index contributed by atoms with van der Waals surface area (Å²) in [6, 6.07) is 7.72. The second kappa shape index (κ2) is 6.92.